The summed E-state index contributed by atoms with van der Waals surface area (Å²) in [5.41, 5.74) is 1.16. The van der Waals surface area contributed by atoms with Crippen LogP contribution in [-0.4, -0.2) is 19.8 Å². The zero-order valence-corrected chi connectivity index (χ0v) is 15.5. The first-order valence-corrected chi connectivity index (χ1v) is 8.89. The third-order valence-electron chi connectivity index (χ3n) is 4.39. The maximum absolute atomic E-state index is 13.1. The highest BCUT2D eigenvalue weighted by Gasteiger charge is 2.18. The van der Waals surface area contributed by atoms with Gasteiger partial charge in [-0.1, -0.05) is 30.3 Å². The van der Waals surface area contributed by atoms with Gasteiger partial charge < -0.3 is 5.11 Å². The summed E-state index contributed by atoms with van der Waals surface area (Å²) in [7, 11) is 0. The number of para-hydroxylation sites is 2. The van der Waals surface area contributed by atoms with Crippen LogP contribution < -0.4 is 5.56 Å². The summed E-state index contributed by atoms with van der Waals surface area (Å²) in [5, 5.41) is 31.9. The number of hydrogen-bond acceptors (Lipinski definition) is 6. The Hall–Kier alpha value is -4.53. The van der Waals surface area contributed by atoms with Crippen LogP contribution in [0.3, 0.4) is 0 Å². The number of azo groups is 1. The second-order valence-electron chi connectivity index (χ2n) is 6.30. The quantitative estimate of drug-likeness (QED) is 0.281. The van der Waals surface area contributed by atoms with E-state index in [1.54, 1.807) is 42.5 Å². The monoisotopic (exact) mass is 401 g/mol. The Labute approximate surface area is 169 Å². The number of nitro benzene ring substituents is 1. The van der Waals surface area contributed by atoms with Gasteiger partial charge in [0.05, 0.1) is 16.3 Å². The number of nitrogens with one attached hydrogen (secondary N) is 1. The largest absolute Gasteiger partial charge is 0.506 e. The summed E-state index contributed by atoms with van der Waals surface area (Å²) in [6.07, 6.45) is 0. The fourth-order valence-corrected chi connectivity index (χ4v) is 2.88. The molecule has 0 aliphatic heterocycles. The van der Waals surface area contributed by atoms with Crippen molar-refractivity contribution in [1.82, 2.24) is 9.78 Å². The predicted molar refractivity (Wildman–Crippen MR) is 111 cm³/mol. The van der Waals surface area contributed by atoms with Gasteiger partial charge in [0.1, 0.15) is 11.4 Å². The first kappa shape index (κ1) is 18.8. The van der Waals surface area contributed by atoms with Gasteiger partial charge in [-0.15, -0.1) is 10.2 Å². The fraction of sp³-hybridized carbons (Fsp3) is 0. The maximum Gasteiger partial charge on any atom is 0.299 e. The Morgan fingerprint density at radius 3 is 2.23 bits per heavy atom. The summed E-state index contributed by atoms with van der Waals surface area (Å²) in [5.74, 6) is -0.0722. The van der Waals surface area contributed by atoms with Crippen molar-refractivity contribution >= 4 is 17.1 Å². The number of hydrogen-bond donors (Lipinski definition) is 2. The number of phenolic OH excluding ortho intramolecular Hbond substituents is 1. The van der Waals surface area contributed by atoms with E-state index in [2.05, 4.69) is 15.3 Å². The Kier molecular flexibility index (Phi) is 4.92. The number of benzene rings is 3. The first-order valence-electron chi connectivity index (χ1n) is 8.89. The molecule has 4 aromatic rings. The molecule has 0 aliphatic rings. The molecule has 9 heteroatoms. The lowest BCUT2D eigenvalue weighted by Gasteiger charge is -2.01. The van der Waals surface area contributed by atoms with E-state index in [1.807, 2.05) is 6.07 Å². The van der Waals surface area contributed by atoms with Crippen molar-refractivity contribution in [3.63, 3.8) is 0 Å². The zero-order chi connectivity index (χ0) is 21.1. The van der Waals surface area contributed by atoms with Gasteiger partial charge in [-0.2, -0.15) is 0 Å². The van der Waals surface area contributed by atoms with Crippen molar-refractivity contribution in [3.8, 4) is 22.7 Å². The average molecular weight is 401 g/mol. The molecule has 0 radical (unpaired) electrons. The molecule has 2 N–H and O–H groups in total. The van der Waals surface area contributed by atoms with Crippen LogP contribution in [0, 0.1) is 10.1 Å². The van der Waals surface area contributed by atoms with Gasteiger partial charge in [-0.05, 0) is 36.4 Å². The summed E-state index contributed by atoms with van der Waals surface area (Å²) in [4.78, 5) is 23.5. The van der Waals surface area contributed by atoms with Gasteiger partial charge in [0, 0.05) is 17.7 Å². The molecule has 0 spiro atoms. The molecule has 0 amide bonds. The molecule has 30 heavy (non-hydrogen) atoms. The van der Waals surface area contributed by atoms with Crippen LogP contribution in [0.15, 0.2) is 93.9 Å². The van der Waals surface area contributed by atoms with Gasteiger partial charge in [0.15, 0.2) is 5.69 Å². The molecule has 1 heterocycles. The number of nitrogens with zero attached hydrogens (tertiary/aromatic N) is 4. The number of H-pyrrole nitrogens is 1. The van der Waals surface area contributed by atoms with Crippen LogP contribution in [0.25, 0.3) is 16.9 Å². The number of aromatic amines is 1. The first-order chi connectivity index (χ1) is 14.5. The number of rotatable bonds is 5. The smallest absolute Gasteiger partial charge is 0.299 e. The molecule has 9 nitrogen and oxygen atoms in total. The van der Waals surface area contributed by atoms with Gasteiger partial charge in [-0.3, -0.25) is 20.0 Å². The number of aromatic nitrogens is 2. The van der Waals surface area contributed by atoms with Gasteiger partial charge in [-0.25, -0.2) is 4.68 Å². The molecule has 0 bridgehead atoms. The van der Waals surface area contributed by atoms with Gasteiger partial charge in [0.2, 0.25) is 0 Å². The Balaban J connectivity index is 1.86. The van der Waals surface area contributed by atoms with Crippen molar-refractivity contribution in [1.29, 1.82) is 0 Å². The predicted octanol–water partition coefficient (Wildman–Crippen LogP) is 4.86. The third kappa shape index (κ3) is 3.59. The SMILES string of the molecule is O=c1c(N=Nc2ccccc2O)c(-c2ccc([N+](=O)[O-])cc2)[nH]n1-c1ccccc1. The molecule has 0 saturated carbocycles. The third-order valence-corrected chi connectivity index (χ3v) is 4.39. The van der Waals surface area contributed by atoms with E-state index < -0.39 is 10.5 Å². The van der Waals surface area contributed by atoms with Crippen molar-refractivity contribution < 1.29 is 10.0 Å². The molecule has 1 aromatic heterocycles. The van der Waals surface area contributed by atoms with E-state index in [0.29, 0.717) is 16.9 Å². The highest BCUT2D eigenvalue weighted by molar-refractivity contribution is 5.72. The van der Waals surface area contributed by atoms with Crippen molar-refractivity contribution in [2.45, 2.75) is 0 Å². The molecule has 4 rings (SSSR count). The van der Waals surface area contributed by atoms with Crippen LogP contribution in [0.5, 0.6) is 5.75 Å². The van der Waals surface area contributed by atoms with Crippen LogP contribution in [-0.2, 0) is 0 Å². The Morgan fingerprint density at radius 2 is 1.57 bits per heavy atom. The molecule has 148 valence electrons. The molecule has 0 fully saturated rings. The summed E-state index contributed by atoms with van der Waals surface area (Å²) >= 11 is 0. The second kappa shape index (κ2) is 7.84. The second-order valence-corrected chi connectivity index (χ2v) is 6.30. The Bertz CT molecular complexity index is 1290. The van der Waals surface area contributed by atoms with E-state index >= 15 is 0 Å². The van der Waals surface area contributed by atoms with E-state index in [1.165, 1.54) is 35.0 Å². The van der Waals surface area contributed by atoms with Crippen LogP contribution in [0.4, 0.5) is 17.1 Å². The van der Waals surface area contributed by atoms with E-state index in [4.69, 9.17) is 0 Å². The summed E-state index contributed by atoms with van der Waals surface area (Å²) in [6.45, 7) is 0. The molecule has 0 atom stereocenters. The number of phenols is 1. The lowest BCUT2D eigenvalue weighted by atomic mass is 10.1. The molecular formula is C21H15N5O4. The van der Waals surface area contributed by atoms with Crippen molar-refractivity contribution in [2.75, 3.05) is 0 Å². The zero-order valence-electron chi connectivity index (χ0n) is 15.5. The maximum atomic E-state index is 13.1. The van der Waals surface area contributed by atoms with E-state index in [-0.39, 0.29) is 22.8 Å². The minimum Gasteiger partial charge on any atom is -0.506 e. The topological polar surface area (TPSA) is 126 Å². The fourth-order valence-electron chi connectivity index (χ4n) is 2.88. The number of aromatic hydroxyl groups is 1. The van der Waals surface area contributed by atoms with Crippen LogP contribution >= 0.6 is 0 Å². The normalized spacial score (nSPS) is 11.1. The average Bonchev–Trinajstić information content (AvgIpc) is 3.10. The molecule has 0 unspecified atom stereocenters. The molecule has 0 saturated heterocycles. The van der Waals surface area contributed by atoms with Crippen molar-refractivity contribution in [3.05, 3.63) is 99.3 Å². The standard InChI is InChI=1S/C21H15N5O4/c27-18-9-5-4-8-17(18)22-23-20-19(14-10-12-16(13-11-14)26(29)30)24-25(21(20)28)15-6-2-1-3-7-15/h1-13,24,27H. The number of non-ortho nitro benzene ring substituents is 1. The highest BCUT2D eigenvalue weighted by Crippen LogP contribution is 2.31. The lowest BCUT2D eigenvalue weighted by Crippen LogP contribution is -2.13. The van der Waals surface area contributed by atoms with Crippen LogP contribution in [0.1, 0.15) is 0 Å². The molecular weight excluding hydrogens is 386 g/mol. The lowest BCUT2D eigenvalue weighted by molar-refractivity contribution is -0.384. The Morgan fingerprint density at radius 1 is 0.900 bits per heavy atom. The van der Waals surface area contributed by atoms with Gasteiger partial charge in [0.25, 0.3) is 11.2 Å². The van der Waals surface area contributed by atoms with Crippen LogP contribution in [0.2, 0.25) is 0 Å². The molecule has 3 aromatic carbocycles. The van der Waals surface area contributed by atoms with Crippen molar-refractivity contribution in [2.24, 2.45) is 10.2 Å². The van der Waals surface area contributed by atoms with Gasteiger partial charge >= 0.3 is 0 Å². The minimum absolute atomic E-state index is 0.0101. The van der Waals surface area contributed by atoms with E-state index in [9.17, 15) is 20.0 Å². The molecule has 0 aliphatic carbocycles. The summed E-state index contributed by atoms with van der Waals surface area (Å²) in [6, 6.07) is 21.0. The summed E-state index contributed by atoms with van der Waals surface area (Å²) < 4.78 is 1.32. The number of nitro groups is 1. The minimum atomic E-state index is -0.500. The highest BCUT2D eigenvalue weighted by atomic mass is 16.6. The van der Waals surface area contributed by atoms with E-state index in [0.717, 1.165) is 0 Å².